The monoisotopic (exact) mass is 375 g/mol. The number of phenolic OH excluding ortho intramolecular Hbond substituents is 1. The summed E-state index contributed by atoms with van der Waals surface area (Å²) in [4.78, 5) is 12.7. The van der Waals surface area contributed by atoms with Gasteiger partial charge in [0.25, 0.3) is 5.91 Å². The highest BCUT2D eigenvalue weighted by molar-refractivity contribution is 6.06. The molecule has 1 aromatic heterocycles. The SMILES string of the molecule is Cc1ccc(CNC(=O)c2cccc3c2cnn3-c2ccc(F)cc2)c(O)c1. The van der Waals surface area contributed by atoms with Crippen LogP contribution in [0.25, 0.3) is 16.6 Å². The second-order valence-corrected chi connectivity index (χ2v) is 6.59. The van der Waals surface area contributed by atoms with E-state index in [1.165, 1.54) is 12.1 Å². The van der Waals surface area contributed by atoms with Crippen LogP contribution in [0.15, 0.2) is 66.9 Å². The van der Waals surface area contributed by atoms with Crippen molar-refractivity contribution in [1.82, 2.24) is 15.1 Å². The molecule has 2 N–H and O–H groups in total. The lowest BCUT2D eigenvalue weighted by atomic mass is 10.1. The molecule has 0 aliphatic carbocycles. The highest BCUT2D eigenvalue weighted by Crippen LogP contribution is 2.23. The third-order valence-electron chi connectivity index (χ3n) is 4.61. The van der Waals surface area contributed by atoms with Gasteiger partial charge in [-0.05, 0) is 55.0 Å². The molecule has 0 saturated heterocycles. The molecule has 0 aliphatic rings. The maximum absolute atomic E-state index is 13.2. The van der Waals surface area contributed by atoms with Gasteiger partial charge in [-0.15, -0.1) is 0 Å². The van der Waals surface area contributed by atoms with E-state index in [4.69, 9.17) is 0 Å². The number of aryl methyl sites for hydroxylation is 1. The van der Waals surface area contributed by atoms with Crippen LogP contribution < -0.4 is 5.32 Å². The molecular formula is C22H18FN3O2. The molecule has 1 amide bonds. The number of hydrogen-bond donors (Lipinski definition) is 2. The molecular weight excluding hydrogens is 357 g/mol. The van der Waals surface area contributed by atoms with Crippen molar-refractivity contribution in [1.29, 1.82) is 0 Å². The summed E-state index contributed by atoms with van der Waals surface area (Å²) >= 11 is 0. The average Bonchev–Trinajstić information content (AvgIpc) is 3.12. The normalized spacial score (nSPS) is 10.9. The third kappa shape index (κ3) is 3.32. The van der Waals surface area contributed by atoms with E-state index in [2.05, 4.69) is 10.4 Å². The number of amides is 1. The standard InChI is InChI=1S/C22H18FN3O2/c1-14-5-6-15(21(27)11-14)12-24-22(28)18-3-2-4-20-19(18)13-25-26(20)17-9-7-16(23)8-10-17/h2-11,13,27H,12H2,1H3,(H,24,28). The van der Waals surface area contributed by atoms with Crippen molar-refractivity contribution in [2.24, 2.45) is 0 Å². The fourth-order valence-electron chi connectivity index (χ4n) is 3.13. The minimum Gasteiger partial charge on any atom is -0.508 e. The highest BCUT2D eigenvalue weighted by atomic mass is 19.1. The first kappa shape index (κ1) is 17.7. The Morgan fingerprint density at radius 1 is 1.14 bits per heavy atom. The van der Waals surface area contributed by atoms with E-state index in [1.807, 2.05) is 19.1 Å². The van der Waals surface area contributed by atoms with Gasteiger partial charge in [0, 0.05) is 17.5 Å². The molecule has 5 nitrogen and oxygen atoms in total. The molecule has 0 bridgehead atoms. The van der Waals surface area contributed by atoms with Crippen LogP contribution in [0.1, 0.15) is 21.5 Å². The Balaban J connectivity index is 1.62. The number of nitrogens with one attached hydrogen (secondary N) is 1. The molecule has 0 radical (unpaired) electrons. The average molecular weight is 375 g/mol. The molecule has 0 spiro atoms. The Morgan fingerprint density at radius 3 is 2.68 bits per heavy atom. The van der Waals surface area contributed by atoms with Gasteiger partial charge in [0.05, 0.1) is 23.0 Å². The fraction of sp³-hybridized carbons (Fsp3) is 0.0909. The number of fused-ring (bicyclic) bond motifs is 1. The number of hydrogen-bond acceptors (Lipinski definition) is 3. The Kier molecular flexibility index (Phi) is 4.53. The molecule has 6 heteroatoms. The van der Waals surface area contributed by atoms with E-state index in [-0.39, 0.29) is 24.0 Å². The van der Waals surface area contributed by atoms with E-state index in [9.17, 15) is 14.3 Å². The summed E-state index contributed by atoms with van der Waals surface area (Å²) in [5.41, 5.74) is 3.53. The van der Waals surface area contributed by atoms with Gasteiger partial charge < -0.3 is 10.4 Å². The van der Waals surface area contributed by atoms with E-state index in [1.54, 1.807) is 47.3 Å². The smallest absolute Gasteiger partial charge is 0.252 e. The largest absolute Gasteiger partial charge is 0.508 e. The molecule has 140 valence electrons. The molecule has 0 fully saturated rings. The van der Waals surface area contributed by atoms with E-state index >= 15 is 0 Å². The number of phenols is 1. The minimum absolute atomic E-state index is 0.155. The predicted octanol–water partition coefficient (Wildman–Crippen LogP) is 4.11. The molecule has 0 saturated carbocycles. The summed E-state index contributed by atoms with van der Waals surface area (Å²) in [6, 6.07) is 16.7. The number of rotatable bonds is 4. The molecule has 28 heavy (non-hydrogen) atoms. The zero-order valence-electron chi connectivity index (χ0n) is 15.2. The topological polar surface area (TPSA) is 67.2 Å². The summed E-state index contributed by atoms with van der Waals surface area (Å²) in [5.74, 6) is -0.425. The minimum atomic E-state index is -0.320. The summed E-state index contributed by atoms with van der Waals surface area (Å²) in [6.45, 7) is 2.11. The highest BCUT2D eigenvalue weighted by Gasteiger charge is 2.14. The molecule has 4 aromatic rings. The lowest BCUT2D eigenvalue weighted by Gasteiger charge is -2.09. The molecule has 3 aromatic carbocycles. The van der Waals surface area contributed by atoms with Crippen LogP contribution in [0.3, 0.4) is 0 Å². The lowest BCUT2D eigenvalue weighted by Crippen LogP contribution is -2.23. The van der Waals surface area contributed by atoms with E-state index < -0.39 is 0 Å². The number of carbonyl (C=O) groups is 1. The third-order valence-corrected chi connectivity index (χ3v) is 4.61. The Hall–Kier alpha value is -3.67. The van der Waals surface area contributed by atoms with Gasteiger partial charge in [-0.2, -0.15) is 5.10 Å². The van der Waals surface area contributed by atoms with Crippen molar-refractivity contribution in [2.75, 3.05) is 0 Å². The fourth-order valence-corrected chi connectivity index (χ4v) is 3.13. The summed E-state index contributed by atoms with van der Waals surface area (Å²) < 4.78 is 14.9. The second kappa shape index (κ2) is 7.15. The van der Waals surface area contributed by atoms with Crippen molar-refractivity contribution >= 4 is 16.8 Å². The van der Waals surface area contributed by atoms with Crippen LogP contribution in [-0.2, 0) is 6.54 Å². The second-order valence-electron chi connectivity index (χ2n) is 6.59. The summed E-state index contributed by atoms with van der Waals surface area (Å²) in [6.07, 6.45) is 1.62. The predicted molar refractivity (Wildman–Crippen MR) is 105 cm³/mol. The van der Waals surface area contributed by atoms with Crippen LogP contribution in [0.2, 0.25) is 0 Å². The summed E-state index contributed by atoms with van der Waals surface area (Å²) in [5, 5.41) is 17.9. The number of aromatic hydroxyl groups is 1. The zero-order chi connectivity index (χ0) is 19.7. The van der Waals surface area contributed by atoms with E-state index in [0.717, 1.165) is 11.1 Å². The zero-order valence-corrected chi connectivity index (χ0v) is 15.2. The number of nitrogens with zero attached hydrogens (tertiary/aromatic N) is 2. The van der Waals surface area contributed by atoms with Gasteiger partial charge in [-0.1, -0.05) is 18.2 Å². The Labute approximate surface area is 161 Å². The lowest BCUT2D eigenvalue weighted by molar-refractivity contribution is 0.0952. The van der Waals surface area contributed by atoms with Crippen molar-refractivity contribution in [3.05, 3.63) is 89.4 Å². The number of aromatic nitrogens is 2. The van der Waals surface area contributed by atoms with Gasteiger partial charge in [0.2, 0.25) is 0 Å². The summed E-state index contributed by atoms with van der Waals surface area (Å²) in [7, 11) is 0. The maximum Gasteiger partial charge on any atom is 0.252 e. The van der Waals surface area contributed by atoms with Crippen LogP contribution in [0.4, 0.5) is 4.39 Å². The van der Waals surface area contributed by atoms with Crippen molar-refractivity contribution in [3.63, 3.8) is 0 Å². The van der Waals surface area contributed by atoms with Crippen molar-refractivity contribution in [2.45, 2.75) is 13.5 Å². The number of halogens is 1. The molecule has 4 rings (SSSR count). The molecule has 0 atom stereocenters. The molecule has 0 aliphatic heterocycles. The number of carbonyl (C=O) groups excluding carboxylic acids is 1. The van der Waals surface area contributed by atoms with Crippen molar-refractivity contribution in [3.8, 4) is 11.4 Å². The van der Waals surface area contributed by atoms with Crippen LogP contribution in [0, 0.1) is 12.7 Å². The maximum atomic E-state index is 13.2. The van der Waals surface area contributed by atoms with Crippen LogP contribution in [0.5, 0.6) is 5.75 Å². The van der Waals surface area contributed by atoms with Gasteiger partial charge >= 0.3 is 0 Å². The first-order valence-electron chi connectivity index (χ1n) is 8.82. The first-order valence-corrected chi connectivity index (χ1v) is 8.82. The van der Waals surface area contributed by atoms with E-state index in [0.29, 0.717) is 22.2 Å². The molecule has 1 heterocycles. The first-order chi connectivity index (χ1) is 13.5. The van der Waals surface area contributed by atoms with Gasteiger partial charge in [0.15, 0.2) is 0 Å². The Bertz CT molecular complexity index is 1170. The van der Waals surface area contributed by atoms with Gasteiger partial charge in [-0.25, -0.2) is 9.07 Å². The van der Waals surface area contributed by atoms with Gasteiger partial charge in [-0.3, -0.25) is 4.79 Å². The number of benzene rings is 3. The quantitative estimate of drug-likeness (QED) is 0.564. The Morgan fingerprint density at radius 2 is 1.93 bits per heavy atom. The van der Waals surface area contributed by atoms with Crippen LogP contribution >= 0.6 is 0 Å². The van der Waals surface area contributed by atoms with Crippen LogP contribution in [-0.4, -0.2) is 20.8 Å². The van der Waals surface area contributed by atoms with Crippen molar-refractivity contribution < 1.29 is 14.3 Å². The molecule has 0 unspecified atom stereocenters. The van der Waals surface area contributed by atoms with Gasteiger partial charge in [0.1, 0.15) is 11.6 Å².